The van der Waals surface area contributed by atoms with Crippen molar-refractivity contribution in [1.29, 1.82) is 0 Å². The number of ether oxygens (including phenoxy) is 1. The molecule has 0 saturated carbocycles. The predicted molar refractivity (Wildman–Crippen MR) is 93.5 cm³/mol. The first-order chi connectivity index (χ1) is 10.8. The summed E-state index contributed by atoms with van der Waals surface area (Å²) in [6.45, 7) is 2.49. The fourth-order valence-electron chi connectivity index (χ4n) is 2.36. The van der Waals surface area contributed by atoms with E-state index < -0.39 is 0 Å². The van der Waals surface area contributed by atoms with Crippen LogP contribution in [0, 0.1) is 0 Å². The predicted octanol–water partition coefficient (Wildman–Crippen LogP) is 2.58. The van der Waals surface area contributed by atoms with Crippen molar-refractivity contribution < 1.29 is 4.74 Å². The number of methoxy groups -OCH3 is 1. The summed E-state index contributed by atoms with van der Waals surface area (Å²) < 4.78 is 5.03. The number of benzene rings is 2. The second kappa shape index (κ2) is 9.05. The van der Waals surface area contributed by atoms with E-state index in [2.05, 4.69) is 58.1 Å². The second-order valence-corrected chi connectivity index (χ2v) is 5.20. The molecule has 2 N–H and O–H groups in total. The summed E-state index contributed by atoms with van der Waals surface area (Å²) in [6, 6.07) is 15.1. The Morgan fingerprint density at radius 3 is 2.59 bits per heavy atom. The molecule has 2 aromatic rings. The van der Waals surface area contributed by atoms with E-state index in [9.17, 15) is 0 Å². The van der Waals surface area contributed by atoms with Crippen molar-refractivity contribution in [3.05, 3.63) is 48.0 Å². The Bertz CT molecular complexity index is 610. The van der Waals surface area contributed by atoms with Crippen molar-refractivity contribution in [1.82, 2.24) is 10.6 Å². The van der Waals surface area contributed by atoms with Crippen LogP contribution in [-0.4, -0.2) is 39.8 Å². The Morgan fingerprint density at radius 1 is 1.05 bits per heavy atom. The minimum Gasteiger partial charge on any atom is -0.385 e. The highest BCUT2D eigenvalue weighted by molar-refractivity contribution is 5.83. The summed E-state index contributed by atoms with van der Waals surface area (Å²) in [5.41, 5.74) is 1.33. The van der Waals surface area contributed by atoms with E-state index in [1.54, 1.807) is 14.2 Å². The van der Waals surface area contributed by atoms with Crippen LogP contribution in [0.3, 0.4) is 0 Å². The fraction of sp³-hybridized carbons (Fsp3) is 0.389. The van der Waals surface area contributed by atoms with Gasteiger partial charge in [0.15, 0.2) is 5.96 Å². The molecule has 0 unspecified atom stereocenters. The topological polar surface area (TPSA) is 45.7 Å². The van der Waals surface area contributed by atoms with Crippen LogP contribution in [0.2, 0.25) is 0 Å². The Labute approximate surface area is 132 Å². The molecule has 4 nitrogen and oxygen atoms in total. The molecule has 0 aliphatic heterocycles. The van der Waals surface area contributed by atoms with Crippen molar-refractivity contribution in [2.45, 2.75) is 12.8 Å². The van der Waals surface area contributed by atoms with E-state index >= 15 is 0 Å². The highest BCUT2D eigenvalue weighted by atomic mass is 16.5. The number of hydrogen-bond acceptors (Lipinski definition) is 2. The Kier molecular flexibility index (Phi) is 6.71. The molecular formula is C18H25N3O. The molecule has 4 heteroatoms. The summed E-state index contributed by atoms with van der Waals surface area (Å²) in [4.78, 5) is 4.22. The SMILES string of the molecule is CN=C(NCCCOC)NCCc1ccc2ccccc2c1. The van der Waals surface area contributed by atoms with E-state index in [1.807, 2.05) is 0 Å². The van der Waals surface area contributed by atoms with E-state index in [1.165, 1.54) is 16.3 Å². The van der Waals surface area contributed by atoms with Crippen molar-refractivity contribution in [2.75, 3.05) is 33.9 Å². The van der Waals surface area contributed by atoms with Gasteiger partial charge in [-0.25, -0.2) is 0 Å². The van der Waals surface area contributed by atoms with Gasteiger partial charge in [0.05, 0.1) is 0 Å². The zero-order valence-electron chi connectivity index (χ0n) is 13.4. The molecule has 0 saturated heterocycles. The van der Waals surface area contributed by atoms with E-state index in [0.29, 0.717) is 0 Å². The number of hydrogen-bond donors (Lipinski definition) is 2. The highest BCUT2D eigenvalue weighted by Crippen LogP contribution is 2.15. The van der Waals surface area contributed by atoms with Gasteiger partial charge in [0.1, 0.15) is 0 Å². The van der Waals surface area contributed by atoms with Crippen molar-refractivity contribution >= 4 is 16.7 Å². The molecule has 2 aromatic carbocycles. The van der Waals surface area contributed by atoms with Gasteiger partial charge < -0.3 is 15.4 Å². The van der Waals surface area contributed by atoms with Crippen LogP contribution in [0.15, 0.2) is 47.5 Å². The average Bonchev–Trinajstić information content (AvgIpc) is 2.57. The first-order valence-electron chi connectivity index (χ1n) is 7.74. The molecule has 0 aliphatic carbocycles. The van der Waals surface area contributed by atoms with Crippen LogP contribution >= 0.6 is 0 Å². The van der Waals surface area contributed by atoms with Gasteiger partial charge in [0.2, 0.25) is 0 Å². The van der Waals surface area contributed by atoms with Gasteiger partial charge in [-0.05, 0) is 29.2 Å². The lowest BCUT2D eigenvalue weighted by Gasteiger charge is -2.12. The summed E-state index contributed by atoms with van der Waals surface area (Å²) in [5, 5.41) is 9.20. The molecule has 0 fully saturated rings. The van der Waals surface area contributed by atoms with Crippen LogP contribution in [0.5, 0.6) is 0 Å². The Balaban J connectivity index is 1.78. The van der Waals surface area contributed by atoms with E-state index in [4.69, 9.17) is 4.74 Å². The molecule has 0 amide bonds. The van der Waals surface area contributed by atoms with Gasteiger partial charge in [-0.3, -0.25) is 4.99 Å². The average molecular weight is 299 g/mol. The lowest BCUT2D eigenvalue weighted by molar-refractivity contribution is 0.195. The minimum atomic E-state index is 0.765. The summed E-state index contributed by atoms with van der Waals surface area (Å²) in [7, 11) is 3.51. The molecule has 2 rings (SSSR count). The lowest BCUT2D eigenvalue weighted by Crippen LogP contribution is -2.38. The largest absolute Gasteiger partial charge is 0.385 e. The van der Waals surface area contributed by atoms with Crippen LogP contribution < -0.4 is 10.6 Å². The van der Waals surface area contributed by atoms with Gasteiger partial charge in [-0.15, -0.1) is 0 Å². The smallest absolute Gasteiger partial charge is 0.190 e. The number of rotatable bonds is 7. The van der Waals surface area contributed by atoms with Gasteiger partial charge in [-0.1, -0.05) is 42.5 Å². The lowest BCUT2D eigenvalue weighted by atomic mass is 10.1. The molecule has 22 heavy (non-hydrogen) atoms. The molecule has 0 heterocycles. The van der Waals surface area contributed by atoms with Gasteiger partial charge >= 0.3 is 0 Å². The summed E-state index contributed by atoms with van der Waals surface area (Å²) in [6.07, 6.45) is 1.95. The molecule has 0 aliphatic rings. The summed E-state index contributed by atoms with van der Waals surface area (Å²) in [5.74, 6) is 0.844. The van der Waals surface area contributed by atoms with Crippen molar-refractivity contribution in [3.63, 3.8) is 0 Å². The zero-order valence-corrected chi connectivity index (χ0v) is 13.4. The third-order valence-electron chi connectivity index (χ3n) is 3.56. The van der Waals surface area contributed by atoms with E-state index in [0.717, 1.165) is 38.5 Å². The molecule has 0 atom stereocenters. The third kappa shape index (κ3) is 5.04. The third-order valence-corrected chi connectivity index (χ3v) is 3.56. The quantitative estimate of drug-likeness (QED) is 0.469. The molecule has 0 spiro atoms. The molecule has 0 aromatic heterocycles. The number of aliphatic imine (C=N–C) groups is 1. The maximum atomic E-state index is 5.03. The highest BCUT2D eigenvalue weighted by Gasteiger charge is 1.99. The van der Waals surface area contributed by atoms with Crippen LogP contribution in [0.1, 0.15) is 12.0 Å². The number of nitrogens with one attached hydrogen (secondary N) is 2. The first-order valence-corrected chi connectivity index (χ1v) is 7.74. The number of guanidine groups is 1. The molecular weight excluding hydrogens is 274 g/mol. The second-order valence-electron chi connectivity index (χ2n) is 5.20. The van der Waals surface area contributed by atoms with Crippen LogP contribution in [0.25, 0.3) is 10.8 Å². The van der Waals surface area contributed by atoms with Gasteiger partial charge in [0, 0.05) is 33.9 Å². The van der Waals surface area contributed by atoms with E-state index in [-0.39, 0.29) is 0 Å². The minimum absolute atomic E-state index is 0.765. The summed E-state index contributed by atoms with van der Waals surface area (Å²) >= 11 is 0. The van der Waals surface area contributed by atoms with Crippen molar-refractivity contribution in [3.8, 4) is 0 Å². The number of nitrogens with zero attached hydrogens (tertiary/aromatic N) is 1. The molecule has 0 bridgehead atoms. The monoisotopic (exact) mass is 299 g/mol. The molecule has 118 valence electrons. The Morgan fingerprint density at radius 2 is 1.82 bits per heavy atom. The first kappa shape index (κ1) is 16.3. The van der Waals surface area contributed by atoms with Gasteiger partial charge in [-0.2, -0.15) is 0 Å². The standard InChI is InChI=1S/C18H25N3O/c1-19-18(20-11-5-13-22-2)21-12-10-15-8-9-16-6-3-4-7-17(16)14-15/h3-4,6-9,14H,5,10-13H2,1-2H3,(H2,19,20,21). The maximum absolute atomic E-state index is 5.03. The maximum Gasteiger partial charge on any atom is 0.190 e. The normalized spacial score (nSPS) is 11.6. The Hall–Kier alpha value is -2.07. The van der Waals surface area contributed by atoms with Gasteiger partial charge in [0.25, 0.3) is 0 Å². The zero-order chi connectivity index (χ0) is 15.6. The number of fused-ring (bicyclic) bond motifs is 1. The fourth-order valence-corrected chi connectivity index (χ4v) is 2.36. The van der Waals surface area contributed by atoms with Crippen LogP contribution in [0.4, 0.5) is 0 Å². The van der Waals surface area contributed by atoms with Crippen molar-refractivity contribution in [2.24, 2.45) is 4.99 Å². The molecule has 0 radical (unpaired) electrons. The van der Waals surface area contributed by atoms with Crippen LogP contribution in [-0.2, 0) is 11.2 Å².